The van der Waals surface area contributed by atoms with Crippen LogP contribution in [-0.2, 0) is 0 Å². The summed E-state index contributed by atoms with van der Waals surface area (Å²) in [5, 5.41) is 7.19. The Hall–Kier alpha value is 0.240. The van der Waals surface area contributed by atoms with Gasteiger partial charge in [0, 0.05) is 20.8 Å². The van der Waals surface area contributed by atoms with Crippen LogP contribution in [0.1, 0.15) is 0 Å². The zero-order valence-corrected chi connectivity index (χ0v) is 15.0. The van der Waals surface area contributed by atoms with Crippen LogP contribution in [0.4, 0.5) is 0 Å². The Bertz CT molecular complexity index is 932. The molecule has 6 unspecified atom stereocenters. The zero-order valence-electron chi connectivity index (χ0n) is 9.41. The second kappa shape index (κ2) is 3.88. The van der Waals surface area contributed by atoms with Crippen LogP contribution in [0, 0.1) is 0 Å². The van der Waals surface area contributed by atoms with Gasteiger partial charge in [0.1, 0.15) is 0 Å². The maximum atomic E-state index is 2.46. The topological polar surface area (TPSA) is 0 Å². The summed E-state index contributed by atoms with van der Waals surface area (Å²) in [6.45, 7) is 0.811. The van der Waals surface area contributed by atoms with Gasteiger partial charge in [-0.05, 0) is 51.1 Å². The van der Waals surface area contributed by atoms with E-state index >= 15 is 0 Å². The summed E-state index contributed by atoms with van der Waals surface area (Å²) in [5.74, 6) is 0. The first-order valence-corrected chi connectivity index (χ1v) is 17.9. The minimum Gasteiger partial charge on any atom is -0.0977 e. The van der Waals surface area contributed by atoms with E-state index in [0.29, 0.717) is 13.3 Å². The third kappa shape index (κ3) is 1.28. The van der Waals surface area contributed by atoms with Crippen molar-refractivity contribution in [2.24, 2.45) is 0 Å². The molecule has 5 rings (SSSR count). The molecule has 88 valence electrons. The highest BCUT2D eigenvalue weighted by atomic mass is 32.7. The van der Waals surface area contributed by atoms with E-state index in [-0.39, 0.29) is 13.6 Å². The molecule has 6 heteroatoms. The average molecular weight is 340 g/mol. The zero-order chi connectivity index (χ0) is 11.7. The first kappa shape index (κ1) is 11.0. The van der Waals surface area contributed by atoms with Gasteiger partial charge in [0.15, 0.2) is 0 Å². The smallest absolute Gasteiger partial charge is 0.0182 e. The maximum Gasteiger partial charge on any atom is 0.0182 e. The lowest BCUT2D eigenvalue weighted by atomic mass is 10.4. The lowest BCUT2D eigenvalue weighted by molar-refractivity contribution is 1.81. The highest BCUT2D eigenvalue weighted by Gasteiger charge is 2.24. The van der Waals surface area contributed by atoms with Crippen LogP contribution in [0.2, 0.25) is 0 Å². The molecule has 4 aromatic rings. The van der Waals surface area contributed by atoms with Crippen molar-refractivity contribution in [2.75, 3.05) is 0 Å². The molecule has 0 aliphatic carbocycles. The third-order valence-electron chi connectivity index (χ3n) is 3.43. The molecular weight excluding hydrogens is 330 g/mol. The Morgan fingerprint density at radius 1 is 0.778 bits per heavy atom. The molecule has 2 aromatic heterocycles. The van der Waals surface area contributed by atoms with Crippen molar-refractivity contribution in [3.05, 3.63) is 48.5 Å². The summed E-state index contributed by atoms with van der Waals surface area (Å²) in [6.07, 6.45) is 0.378. The summed E-state index contributed by atoms with van der Waals surface area (Å²) in [5.41, 5.74) is 0. The minimum absolute atomic E-state index is 0.245. The Balaban J connectivity index is 2.07. The Morgan fingerprint density at radius 2 is 1.50 bits per heavy atom. The molecule has 0 spiro atoms. The fraction of sp³-hybridized carbons (Fsp3) is 0. The molecule has 0 fully saturated rings. The van der Waals surface area contributed by atoms with E-state index in [1.807, 2.05) is 15.7 Å². The van der Waals surface area contributed by atoms with Crippen LogP contribution in [0.3, 0.4) is 0 Å². The predicted molar refractivity (Wildman–Crippen MR) is 96.1 cm³/mol. The molecule has 0 N–H and O–H groups in total. The van der Waals surface area contributed by atoms with E-state index < -0.39 is 0 Å². The second-order valence-corrected chi connectivity index (χ2v) is 29.9. The number of rotatable bonds is 0. The molecule has 2 bridgehead atoms. The van der Waals surface area contributed by atoms with Crippen LogP contribution in [0.5, 0.6) is 0 Å². The van der Waals surface area contributed by atoms with Crippen LogP contribution in [0.15, 0.2) is 48.5 Å². The molecule has 0 radical (unpaired) electrons. The second-order valence-electron chi connectivity index (χ2n) is 4.42. The van der Waals surface area contributed by atoms with Gasteiger partial charge >= 0.3 is 0 Å². The van der Waals surface area contributed by atoms with Gasteiger partial charge in [-0.15, -0.1) is 0 Å². The quantitative estimate of drug-likeness (QED) is 0.268. The van der Waals surface area contributed by atoms with E-state index in [4.69, 9.17) is 0 Å². The van der Waals surface area contributed by atoms with Crippen molar-refractivity contribution < 1.29 is 0 Å². The standard InChI is InChI=1S/C12H10P6/c1-2-6-10-9(5-1)13-18-16-12-8-4-3-7-11(12)15(14-16)17(10)18/h1-8,13-14H. The van der Waals surface area contributed by atoms with Gasteiger partial charge in [-0.2, -0.15) is 0 Å². The van der Waals surface area contributed by atoms with Crippen molar-refractivity contribution in [3.63, 3.8) is 0 Å². The molecule has 0 saturated carbocycles. The largest absolute Gasteiger partial charge is 0.0977 e. The lowest BCUT2D eigenvalue weighted by Gasteiger charge is -2.06. The van der Waals surface area contributed by atoms with Crippen LogP contribution in [-0.4, -0.2) is 0 Å². The van der Waals surface area contributed by atoms with E-state index in [2.05, 4.69) is 48.5 Å². The number of hydrogen-bond donors (Lipinski definition) is 0. The van der Waals surface area contributed by atoms with E-state index in [1.54, 1.807) is 5.12 Å². The van der Waals surface area contributed by atoms with Crippen molar-refractivity contribution in [1.29, 1.82) is 0 Å². The molecule has 18 heavy (non-hydrogen) atoms. The summed E-state index contributed by atoms with van der Waals surface area (Å²) in [6, 6.07) is 18.8. The van der Waals surface area contributed by atoms with Crippen molar-refractivity contribution in [1.82, 2.24) is 0 Å². The average Bonchev–Trinajstić information content (AvgIpc) is 3.07. The summed E-state index contributed by atoms with van der Waals surface area (Å²) >= 11 is 0. The summed E-state index contributed by atoms with van der Waals surface area (Å²) < 4.78 is 0. The summed E-state index contributed by atoms with van der Waals surface area (Å²) in [4.78, 5) is 0. The van der Waals surface area contributed by atoms with E-state index in [1.165, 1.54) is 15.4 Å². The van der Waals surface area contributed by atoms with Crippen LogP contribution < -0.4 is 0 Å². The molecular formula is C12H10P6. The molecule has 0 amide bonds. The maximum absolute atomic E-state index is 2.46. The molecule has 3 heterocycles. The fourth-order valence-corrected chi connectivity index (χ4v) is 79.3. The number of hydrogen-bond acceptors (Lipinski definition) is 0. The van der Waals surface area contributed by atoms with Crippen molar-refractivity contribution >= 4 is 52.5 Å². The predicted octanol–water partition coefficient (Wildman–Crippen LogP) is 8.01. The summed E-state index contributed by atoms with van der Waals surface area (Å²) in [7, 11) is 2.52. The van der Waals surface area contributed by atoms with Gasteiger partial charge in [-0.1, -0.05) is 39.7 Å². The van der Waals surface area contributed by atoms with Crippen LogP contribution >= 0.6 is 42.3 Å². The Labute approximate surface area is 111 Å². The molecule has 1 aliphatic rings. The number of benzene rings is 2. The highest BCUT2D eigenvalue weighted by Crippen LogP contribution is 2.94. The normalized spacial score (nSPS) is 17.3. The first-order valence-electron chi connectivity index (χ1n) is 5.85. The van der Waals surface area contributed by atoms with Crippen molar-refractivity contribution in [3.8, 4) is 10.6 Å². The van der Waals surface area contributed by atoms with Gasteiger partial charge in [0.2, 0.25) is 0 Å². The van der Waals surface area contributed by atoms with Gasteiger partial charge in [0.25, 0.3) is 0 Å². The van der Waals surface area contributed by atoms with Crippen LogP contribution in [0.25, 0.3) is 20.8 Å². The molecule has 2 aromatic carbocycles. The van der Waals surface area contributed by atoms with Gasteiger partial charge in [-0.25, -0.2) is 0 Å². The monoisotopic (exact) mass is 340 g/mol. The molecule has 6 atom stereocenters. The Morgan fingerprint density at radius 3 is 2.39 bits per heavy atom. The van der Waals surface area contributed by atoms with E-state index in [0.717, 1.165) is 0 Å². The van der Waals surface area contributed by atoms with Gasteiger partial charge in [-0.3, -0.25) is 0 Å². The third-order valence-corrected chi connectivity index (χ3v) is 49.8. The highest BCUT2D eigenvalue weighted by molar-refractivity contribution is 8.79. The van der Waals surface area contributed by atoms with E-state index in [9.17, 15) is 0 Å². The molecule has 0 nitrogen and oxygen atoms in total. The number of fused-ring (bicyclic) bond motifs is 10. The van der Waals surface area contributed by atoms with Gasteiger partial charge < -0.3 is 0 Å². The lowest BCUT2D eigenvalue weighted by Crippen LogP contribution is -1.64. The SMILES string of the molecule is c1ccc2c(c1)-p1[pH]p-2p2c3ccccc3[pH]p12. The fourth-order valence-electron chi connectivity index (χ4n) is 2.64. The molecule has 0 saturated heterocycles. The Kier molecular flexibility index (Phi) is 2.36. The first-order chi connectivity index (χ1) is 8.93. The minimum atomic E-state index is 0.245. The van der Waals surface area contributed by atoms with Crippen molar-refractivity contribution in [2.45, 2.75) is 0 Å². The molecule has 1 aliphatic heterocycles. The van der Waals surface area contributed by atoms with Gasteiger partial charge in [0.05, 0.1) is 0 Å².